The molecule has 72 valence electrons. The Kier molecular flexibility index (Phi) is 3.03. The molecule has 0 aromatic rings. The molecule has 0 amide bonds. The Labute approximate surface area is 86.6 Å². The van der Waals surface area contributed by atoms with Gasteiger partial charge in [-0.05, 0) is 18.4 Å². The molecule has 3 nitrogen and oxygen atoms in total. The molecule has 13 heavy (non-hydrogen) atoms. The number of hydrogen-bond donors (Lipinski definition) is 1. The monoisotopic (exact) mass is 244 g/mol. The number of morpholine rings is 1. The predicted octanol–water partition coefficient (Wildman–Crippen LogP) is 1.04. The van der Waals surface area contributed by atoms with Gasteiger partial charge in [-0.15, -0.1) is 0 Å². The number of nitrogens with one attached hydrogen (secondary N) is 1. The van der Waals surface area contributed by atoms with Gasteiger partial charge in [0.15, 0.2) is 0 Å². The molecule has 0 aromatic carbocycles. The van der Waals surface area contributed by atoms with Crippen molar-refractivity contribution < 1.29 is 4.74 Å². The van der Waals surface area contributed by atoms with Gasteiger partial charge in [0.2, 0.25) is 0 Å². The molecule has 0 saturated carbocycles. The van der Waals surface area contributed by atoms with Gasteiger partial charge in [0.05, 0.1) is 19.4 Å². The minimum Gasteiger partial charge on any atom is -0.379 e. The van der Waals surface area contributed by atoms with E-state index in [-0.39, 0.29) is 0 Å². The third-order valence-electron chi connectivity index (χ3n) is 2.27. The zero-order valence-electron chi connectivity index (χ0n) is 7.37. The van der Waals surface area contributed by atoms with E-state index in [4.69, 9.17) is 4.74 Å². The largest absolute Gasteiger partial charge is 0.379 e. The van der Waals surface area contributed by atoms with E-state index in [2.05, 4.69) is 32.2 Å². The van der Waals surface area contributed by atoms with Crippen LogP contribution in [-0.2, 0) is 4.74 Å². The number of allylic oxidation sites excluding steroid dienone is 2. The number of nitrogens with zero attached hydrogens (tertiary/aromatic N) is 1. The van der Waals surface area contributed by atoms with Crippen LogP contribution in [0.25, 0.3) is 0 Å². The van der Waals surface area contributed by atoms with Crippen molar-refractivity contribution in [3.8, 4) is 0 Å². The fourth-order valence-electron chi connectivity index (χ4n) is 1.55. The van der Waals surface area contributed by atoms with Gasteiger partial charge in [-0.25, -0.2) is 0 Å². The van der Waals surface area contributed by atoms with E-state index in [1.165, 1.54) is 0 Å². The second kappa shape index (κ2) is 4.26. The number of hydrogen-bond acceptors (Lipinski definition) is 3. The Balaban J connectivity index is 1.96. The molecule has 1 saturated heterocycles. The summed E-state index contributed by atoms with van der Waals surface area (Å²) in [6.07, 6.45) is 6.48. The van der Waals surface area contributed by atoms with Crippen LogP contribution in [0, 0.1) is 0 Å². The third kappa shape index (κ3) is 2.33. The highest BCUT2D eigenvalue weighted by atomic mass is 79.9. The average molecular weight is 245 g/mol. The maximum Gasteiger partial charge on any atom is 0.0997 e. The molecule has 0 aliphatic carbocycles. The van der Waals surface area contributed by atoms with Crippen LogP contribution in [0.1, 0.15) is 0 Å². The number of dihydropyridines is 1. The number of rotatable bonds is 1. The van der Waals surface area contributed by atoms with Crippen molar-refractivity contribution >= 4 is 15.9 Å². The van der Waals surface area contributed by atoms with Gasteiger partial charge < -0.3 is 10.1 Å². The van der Waals surface area contributed by atoms with Gasteiger partial charge in [0.1, 0.15) is 0 Å². The van der Waals surface area contributed by atoms with Gasteiger partial charge >= 0.3 is 0 Å². The molecule has 2 heterocycles. The van der Waals surface area contributed by atoms with Crippen molar-refractivity contribution in [1.29, 1.82) is 0 Å². The van der Waals surface area contributed by atoms with Crippen LogP contribution < -0.4 is 5.32 Å². The summed E-state index contributed by atoms with van der Waals surface area (Å²) in [4.78, 5) is 2.37. The summed E-state index contributed by atoms with van der Waals surface area (Å²) in [6, 6.07) is 0. The molecule has 0 spiro atoms. The summed E-state index contributed by atoms with van der Waals surface area (Å²) in [5, 5.41) is 3.30. The van der Waals surface area contributed by atoms with E-state index in [9.17, 15) is 0 Å². The first-order valence-electron chi connectivity index (χ1n) is 4.48. The predicted molar refractivity (Wildman–Crippen MR) is 55.5 cm³/mol. The standard InChI is InChI=1S/C9H13BrN2O/c10-8-1-2-11-9(7-8)12-3-5-13-6-4-12/h1-2,7,9,11H,3-6H2. The summed E-state index contributed by atoms with van der Waals surface area (Å²) in [6.45, 7) is 3.69. The summed E-state index contributed by atoms with van der Waals surface area (Å²) in [5.74, 6) is 0. The lowest BCUT2D eigenvalue weighted by Gasteiger charge is -2.34. The number of ether oxygens (including phenoxy) is 1. The van der Waals surface area contributed by atoms with Crippen molar-refractivity contribution in [1.82, 2.24) is 10.2 Å². The highest BCUT2D eigenvalue weighted by Gasteiger charge is 2.19. The maximum atomic E-state index is 5.30. The van der Waals surface area contributed by atoms with Crippen LogP contribution in [0.2, 0.25) is 0 Å². The Morgan fingerprint density at radius 2 is 2.23 bits per heavy atom. The highest BCUT2D eigenvalue weighted by Crippen LogP contribution is 2.14. The van der Waals surface area contributed by atoms with Crippen molar-refractivity contribution in [2.24, 2.45) is 0 Å². The summed E-state index contributed by atoms with van der Waals surface area (Å²) >= 11 is 3.47. The SMILES string of the molecule is BrC1=CC(N2CCOCC2)NC=C1. The molecular weight excluding hydrogens is 232 g/mol. The molecule has 1 unspecified atom stereocenters. The van der Waals surface area contributed by atoms with E-state index in [1.807, 2.05) is 12.3 Å². The molecular formula is C9H13BrN2O. The fourth-order valence-corrected chi connectivity index (χ4v) is 1.93. The molecule has 0 bridgehead atoms. The fraction of sp³-hybridized carbons (Fsp3) is 0.556. The molecule has 0 aromatic heterocycles. The molecule has 1 atom stereocenters. The summed E-state index contributed by atoms with van der Waals surface area (Å²) in [5.41, 5.74) is 0. The smallest absolute Gasteiger partial charge is 0.0997 e. The lowest BCUT2D eigenvalue weighted by atomic mass is 10.3. The van der Waals surface area contributed by atoms with Gasteiger partial charge in [-0.3, -0.25) is 4.90 Å². The lowest BCUT2D eigenvalue weighted by molar-refractivity contribution is 0.0217. The zero-order valence-corrected chi connectivity index (χ0v) is 8.96. The Morgan fingerprint density at radius 1 is 1.46 bits per heavy atom. The molecule has 1 N–H and O–H groups in total. The first kappa shape index (κ1) is 9.24. The van der Waals surface area contributed by atoms with Gasteiger partial charge in [0, 0.05) is 17.6 Å². The molecule has 2 aliphatic heterocycles. The van der Waals surface area contributed by atoms with E-state index >= 15 is 0 Å². The first-order valence-corrected chi connectivity index (χ1v) is 5.27. The first-order chi connectivity index (χ1) is 6.36. The maximum absolute atomic E-state index is 5.30. The normalized spacial score (nSPS) is 29.6. The quantitative estimate of drug-likeness (QED) is 0.747. The second-order valence-corrected chi connectivity index (χ2v) is 4.06. The van der Waals surface area contributed by atoms with Crippen LogP contribution in [0.15, 0.2) is 22.8 Å². The van der Waals surface area contributed by atoms with Crippen molar-refractivity contribution in [2.45, 2.75) is 6.17 Å². The topological polar surface area (TPSA) is 24.5 Å². The minimum absolute atomic E-state index is 0.322. The average Bonchev–Trinajstić information content (AvgIpc) is 2.19. The van der Waals surface area contributed by atoms with E-state index in [0.29, 0.717) is 6.17 Å². The molecule has 0 radical (unpaired) electrons. The van der Waals surface area contributed by atoms with E-state index in [0.717, 1.165) is 30.8 Å². The minimum atomic E-state index is 0.322. The van der Waals surface area contributed by atoms with Crippen LogP contribution >= 0.6 is 15.9 Å². The van der Waals surface area contributed by atoms with Crippen molar-refractivity contribution in [3.63, 3.8) is 0 Å². The van der Waals surface area contributed by atoms with Crippen LogP contribution in [-0.4, -0.2) is 37.4 Å². The van der Waals surface area contributed by atoms with Crippen molar-refractivity contribution in [2.75, 3.05) is 26.3 Å². The third-order valence-corrected chi connectivity index (χ3v) is 2.79. The van der Waals surface area contributed by atoms with Crippen LogP contribution in [0.5, 0.6) is 0 Å². The second-order valence-electron chi connectivity index (χ2n) is 3.14. The molecule has 2 rings (SSSR count). The van der Waals surface area contributed by atoms with Gasteiger partial charge in [-0.2, -0.15) is 0 Å². The molecule has 4 heteroatoms. The van der Waals surface area contributed by atoms with Crippen molar-refractivity contribution in [3.05, 3.63) is 22.8 Å². The van der Waals surface area contributed by atoms with Crippen LogP contribution in [0.3, 0.4) is 0 Å². The highest BCUT2D eigenvalue weighted by molar-refractivity contribution is 9.11. The Hall–Kier alpha value is -0.320. The number of halogens is 1. The summed E-state index contributed by atoms with van der Waals surface area (Å²) < 4.78 is 6.44. The van der Waals surface area contributed by atoms with E-state index in [1.54, 1.807) is 0 Å². The van der Waals surface area contributed by atoms with Crippen LogP contribution in [0.4, 0.5) is 0 Å². The molecule has 1 fully saturated rings. The van der Waals surface area contributed by atoms with E-state index < -0.39 is 0 Å². The Bertz CT molecular complexity index is 234. The Morgan fingerprint density at radius 3 is 2.92 bits per heavy atom. The van der Waals surface area contributed by atoms with Gasteiger partial charge in [-0.1, -0.05) is 15.9 Å². The summed E-state index contributed by atoms with van der Waals surface area (Å²) in [7, 11) is 0. The lowest BCUT2D eigenvalue weighted by Crippen LogP contribution is -2.48. The van der Waals surface area contributed by atoms with Gasteiger partial charge in [0.25, 0.3) is 0 Å². The molecule has 2 aliphatic rings. The zero-order chi connectivity index (χ0) is 9.10.